The first-order valence-electron chi connectivity index (χ1n) is 3.09. The Bertz CT molecular complexity index is 165. The Kier molecular flexibility index (Phi) is 1.73. The second kappa shape index (κ2) is 2.53. The van der Waals surface area contributed by atoms with Gasteiger partial charge >= 0.3 is 0 Å². The van der Waals surface area contributed by atoms with Crippen molar-refractivity contribution in [3.8, 4) is 0 Å². The second-order valence-electron chi connectivity index (χ2n) is 2.10. The second-order valence-corrected chi connectivity index (χ2v) is 2.10. The third-order valence-corrected chi connectivity index (χ3v) is 1.41. The van der Waals surface area contributed by atoms with E-state index in [4.69, 9.17) is 0 Å². The molecule has 9 heavy (non-hydrogen) atoms. The molecule has 0 atom stereocenters. The quantitative estimate of drug-likeness (QED) is 0.555. The SMILES string of the molecule is C=C/C=C1/NCCC1=C. The Morgan fingerprint density at radius 1 is 1.56 bits per heavy atom. The van der Waals surface area contributed by atoms with Gasteiger partial charge in [0.2, 0.25) is 0 Å². The molecule has 0 radical (unpaired) electrons. The maximum Gasteiger partial charge on any atom is 0.0367 e. The summed E-state index contributed by atoms with van der Waals surface area (Å²) in [6.45, 7) is 8.50. The van der Waals surface area contributed by atoms with E-state index in [1.54, 1.807) is 6.08 Å². The van der Waals surface area contributed by atoms with Crippen molar-refractivity contribution in [2.24, 2.45) is 0 Å². The van der Waals surface area contributed by atoms with Crippen LogP contribution in [0.1, 0.15) is 6.42 Å². The normalized spacial score (nSPS) is 22.2. The van der Waals surface area contributed by atoms with Gasteiger partial charge in [-0.15, -0.1) is 0 Å². The molecule has 0 saturated carbocycles. The van der Waals surface area contributed by atoms with Gasteiger partial charge in [-0.25, -0.2) is 0 Å². The third-order valence-electron chi connectivity index (χ3n) is 1.41. The molecule has 1 aliphatic heterocycles. The molecule has 0 amide bonds. The first-order chi connectivity index (χ1) is 4.34. The summed E-state index contributed by atoms with van der Waals surface area (Å²) >= 11 is 0. The Morgan fingerprint density at radius 2 is 2.33 bits per heavy atom. The molecule has 0 aromatic rings. The summed E-state index contributed by atoms with van der Waals surface area (Å²) < 4.78 is 0. The van der Waals surface area contributed by atoms with Crippen LogP contribution in [0, 0.1) is 0 Å². The monoisotopic (exact) mass is 121 g/mol. The minimum absolute atomic E-state index is 1.03. The lowest BCUT2D eigenvalue weighted by atomic mass is 10.2. The van der Waals surface area contributed by atoms with Crippen molar-refractivity contribution in [1.82, 2.24) is 5.32 Å². The summed E-state index contributed by atoms with van der Waals surface area (Å²) in [7, 11) is 0. The van der Waals surface area contributed by atoms with Gasteiger partial charge in [0.15, 0.2) is 0 Å². The van der Waals surface area contributed by atoms with Crippen molar-refractivity contribution in [1.29, 1.82) is 0 Å². The fourth-order valence-electron chi connectivity index (χ4n) is 0.902. The fourth-order valence-corrected chi connectivity index (χ4v) is 0.902. The summed E-state index contributed by atoms with van der Waals surface area (Å²) in [6, 6.07) is 0. The van der Waals surface area contributed by atoms with Crippen molar-refractivity contribution >= 4 is 0 Å². The van der Waals surface area contributed by atoms with E-state index in [2.05, 4.69) is 18.5 Å². The van der Waals surface area contributed by atoms with Gasteiger partial charge in [0.1, 0.15) is 0 Å². The van der Waals surface area contributed by atoms with Gasteiger partial charge in [-0.3, -0.25) is 0 Å². The largest absolute Gasteiger partial charge is 0.385 e. The highest BCUT2D eigenvalue weighted by atomic mass is 14.9. The van der Waals surface area contributed by atoms with E-state index in [-0.39, 0.29) is 0 Å². The van der Waals surface area contributed by atoms with E-state index >= 15 is 0 Å². The summed E-state index contributed by atoms with van der Waals surface area (Å²) in [5, 5.41) is 3.20. The molecule has 48 valence electrons. The van der Waals surface area contributed by atoms with Crippen LogP contribution in [0.3, 0.4) is 0 Å². The molecule has 1 heterocycles. The van der Waals surface area contributed by atoms with E-state index in [9.17, 15) is 0 Å². The average molecular weight is 121 g/mol. The first kappa shape index (κ1) is 6.14. The van der Waals surface area contributed by atoms with E-state index in [1.807, 2.05) is 6.08 Å². The molecule has 0 aliphatic carbocycles. The molecule has 0 unspecified atom stereocenters. The molecule has 1 N–H and O–H groups in total. The van der Waals surface area contributed by atoms with Gasteiger partial charge in [0, 0.05) is 12.2 Å². The molecule has 0 bridgehead atoms. The van der Waals surface area contributed by atoms with Crippen molar-refractivity contribution in [2.75, 3.05) is 6.54 Å². The summed E-state index contributed by atoms with van der Waals surface area (Å²) in [5.74, 6) is 0. The van der Waals surface area contributed by atoms with Gasteiger partial charge < -0.3 is 5.32 Å². The number of hydrogen-bond acceptors (Lipinski definition) is 1. The summed E-state index contributed by atoms with van der Waals surface area (Å²) in [5.41, 5.74) is 2.33. The highest BCUT2D eigenvalue weighted by molar-refractivity contribution is 5.33. The number of nitrogens with one attached hydrogen (secondary N) is 1. The van der Waals surface area contributed by atoms with Crippen LogP contribution in [0.4, 0.5) is 0 Å². The van der Waals surface area contributed by atoms with E-state index in [1.165, 1.54) is 5.57 Å². The van der Waals surface area contributed by atoms with Gasteiger partial charge in [0.05, 0.1) is 0 Å². The van der Waals surface area contributed by atoms with Crippen LogP contribution in [-0.2, 0) is 0 Å². The van der Waals surface area contributed by atoms with Crippen molar-refractivity contribution in [2.45, 2.75) is 6.42 Å². The van der Waals surface area contributed by atoms with E-state index < -0.39 is 0 Å². The van der Waals surface area contributed by atoms with Crippen LogP contribution >= 0.6 is 0 Å². The minimum Gasteiger partial charge on any atom is -0.385 e. The van der Waals surface area contributed by atoms with Crippen molar-refractivity contribution in [3.05, 3.63) is 36.6 Å². The zero-order chi connectivity index (χ0) is 6.69. The first-order valence-corrected chi connectivity index (χ1v) is 3.09. The third kappa shape index (κ3) is 1.22. The Morgan fingerprint density at radius 3 is 2.78 bits per heavy atom. The molecule has 0 spiro atoms. The maximum absolute atomic E-state index is 3.88. The fraction of sp³-hybridized carbons (Fsp3) is 0.250. The van der Waals surface area contributed by atoms with Crippen molar-refractivity contribution in [3.63, 3.8) is 0 Å². The van der Waals surface area contributed by atoms with Gasteiger partial charge in [-0.1, -0.05) is 19.2 Å². The number of hydrogen-bond donors (Lipinski definition) is 1. The smallest absolute Gasteiger partial charge is 0.0367 e. The zero-order valence-electron chi connectivity index (χ0n) is 5.48. The van der Waals surface area contributed by atoms with Crippen LogP contribution in [-0.4, -0.2) is 6.54 Å². The minimum atomic E-state index is 1.03. The van der Waals surface area contributed by atoms with E-state index in [0.717, 1.165) is 18.7 Å². The molecular weight excluding hydrogens is 110 g/mol. The zero-order valence-corrected chi connectivity index (χ0v) is 5.48. The molecule has 1 fully saturated rings. The predicted molar refractivity (Wildman–Crippen MR) is 40.0 cm³/mol. The number of allylic oxidation sites excluding steroid dienone is 3. The number of rotatable bonds is 1. The van der Waals surface area contributed by atoms with Gasteiger partial charge in [-0.2, -0.15) is 0 Å². The van der Waals surface area contributed by atoms with Crippen molar-refractivity contribution < 1.29 is 0 Å². The maximum atomic E-state index is 3.88. The van der Waals surface area contributed by atoms with Crippen LogP contribution in [0.25, 0.3) is 0 Å². The standard InChI is InChI=1S/C8H11N/c1-3-4-8-7(2)5-6-9-8/h3-4,9H,1-2,5-6H2/b8-4+. The highest BCUT2D eigenvalue weighted by Gasteiger charge is 2.07. The lowest BCUT2D eigenvalue weighted by molar-refractivity contribution is 0.915. The Hall–Kier alpha value is -0.980. The molecule has 1 saturated heterocycles. The van der Waals surface area contributed by atoms with Crippen LogP contribution in [0.2, 0.25) is 0 Å². The van der Waals surface area contributed by atoms with Crippen LogP contribution < -0.4 is 5.32 Å². The highest BCUT2D eigenvalue weighted by Crippen LogP contribution is 2.14. The molecule has 0 aromatic carbocycles. The Balaban J connectivity index is 2.69. The van der Waals surface area contributed by atoms with Crippen LogP contribution in [0.5, 0.6) is 0 Å². The van der Waals surface area contributed by atoms with Gasteiger partial charge in [-0.05, 0) is 18.1 Å². The van der Waals surface area contributed by atoms with Gasteiger partial charge in [0.25, 0.3) is 0 Å². The molecule has 1 rings (SSSR count). The Labute approximate surface area is 55.8 Å². The molecular formula is C8H11N. The molecule has 0 aromatic heterocycles. The molecule has 1 heteroatoms. The topological polar surface area (TPSA) is 12.0 Å². The van der Waals surface area contributed by atoms with Crippen LogP contribution in [0.15, 0.2) is 36.6 Å². The lowest BCUT2D eigenvalue weighted by Gasteiger charge is -1.94. The average Bonchev–Trinajstić information content (AvgIpc) is 2.18. The molecule has 1 aliphatic rings. The summed E-state index contributed by atoms with van der Waals surface area (Å²) in [4.78, 5) is 0. The summed E-state index contributed by atoms with van der Waals surface area (Å²) in [6.07, 6.45) is 4.80. The molecule has 1 nitrogen and oxygen atoms in total. The lowest BCUT2D eigenvalue weighted by Crippen LogP contribution is -2.02. The predicted octanol–water partition coefficient (Wildman–Crippen LogP) is 1.61. The van der Waals surface area contributed by atoms with E-state index in [0.29, 0.717) is 0 Å².